The molecule has 0 saturated carbocycles. The molecule has 1 aromatic rings. The molecule has 1 heterocycles. The van der Waals surface area contributed by atoms with Gasteiger partial charge in [-0.05, 0) is 19.1 Å². The topological polar surface area (TPSA) is 23.6 Å². The molecule has 1 aliphatic heterocycles. The van der Waals surface area contributed by atoms with Crippen LogP contribution < -0.4 is 4.90 Å². The highest BCUT2D eigenvalue weighted by molar-refractivity contribution is 6.01. The molecule has 0 saturated heterocycles. The van der Waals surface area contributed by atoms with Crippen LogP contribution in [0.2, 0.25) is 0 Å². The molecule has 0 aromatic heterocycles. The van der Waals surface area contributed by atoms with Crippen molar-refractivity contribution in [2.75, 3.05) is 18.5 Å². The smallest absolute Gasteiger partial charge is 0.257 e. The molecule has 2 rings (SSSR count). The van der Waals surface area contributed by atoms with Crippen molar-refractivity contribution < 1.29 is 4.79 Å². The van der Waals surface area contributed by atoms with Crippen molar-refractivity contribution in [1.82, 2.24) is 4.90 Å². The zero-order valence-electron chi connectivity index (χ0n) is 9.47. The highest BCUT2D eigenvalue weighted by Gasteiger charge is 2.31. The van der Waals surface area contributed by atoms with Crippen LogP contribution in [-0.2, 0) is 0 Å². The fourth-order valence-electron chi connectivity index (χ4n) is 1.99. The molecule has 3 nitrogen and oxygen atoms in total. The maximum absolute atomic E-state index is 12.0. The fraction of sp³-hybridized carbons (Fsp3) is 0.308. The highest BCUT2D eigenvalue weighted by atomic mass is 16.2. The minimum absolute atomic E-state index is 0.00144. The summed E-state index contributed by atoms with van der Waals surface area (Å²) in [5.41, 5.74) is 1.65. The summed E-state index contributed by atoms with van der Waals surface area (Å²) in [5, 5.41) is 0. The van der Waals surface area contributed by atoms with E-state index in [0.717, 1.165) is 11.3 Å². The van der Waals surface area contributed by atoms with Crippen LogP contribution in [0.5, 0.6) is 0 Å². The summed E-state index contributed by atoms with van der Waals surface area (Å²) in [5.74, 6) is 2.68. The maximum Gasteiger partial charge on any atom is 0.257 e. The first-order chi connectivity index (χ1) is 7.66. The van der Waals surface area contributed by atoms with Crippen LogP contribution in [0.1, 0.15) is 17.3 Å². The van der Waals surface area contributed by atoms with Crippen LogP contribution >= 0.6 is 0 Å². The second-order valence-electron chi connectivity index (χ2n) is 3.90. The van der Waals surface area contributed by atoms with Gasteiger partial charge in [-0.25, -0.2) is 0 Å². The van der Waals surface area contributed by atoms with Gasteiger partial charge in [0.2, 0.25) is 0 Å². The quantitative estimate of drug-likeness (QED) is 0.662. The number of hydrogen-bond donors (Lipinski definition) is 0. The molecule has 0 radical (unpaired) electrons. The van der Waals surface area contributed by atoms with Crippen LogP contribution in [0.4, 0.5) is 5.69 Å². The zero-order chi connectivity index (χ0) is 11.7. The van der Waals surface area contributed by atoms with E-state index in [-0.39, 0.29) is 12.1 Å². The van der Waals surface area contributed by atoms with Gasteiger partial charge in [0.05, 0.1) is 17.8 Å². The number of carbonyl (C=O) groups is 1. The molecule has 1 aromatic carbocycles. The number of para-hydroxylation sites is 1. The second-order valence-corrected chi connectivity index (χ2v) is 3.90. The Kier molecular flexibility index (Phi) is 2.57. The lowest BCUT2D eigenvalue weighted by Crippen LogP contribution is -2.52. The molecule has 1 unspecified atom stereocenters. The Labute approximate surface area is 95.7 Å². The van der Waals surface area contributed by atoms with Crippen molar-refractivity contribution >= 4 is 11.6 Å². The van der Waals surface area contributed by atoms with E-state index in [9.17, 15) is 4.79 Å². The lowest BCUT2D eigenvalue weighted by atomic mass is 10.1. The van der Waals surface area contributed by atoms with Crippen molar-refractivity contribution in [2.45, 2.75) is 13.1 Å². The summed E-state index contributed by atoms with van der Waals surface area (Å²) in [7, 11) is 1.80. The molecule has 0 aliphatic carbocycles. The van der Waals surface area contributed by atoms with Crippen molar-refractivity contribution in [3.63, 3.8) is 0 Å². The van der Waals surface area contributed by atoms with Gasteiger partial charge in [-0.1, -0.05) is 18.1 Å². The van der Waals surface area contributed by atoms with Gasteiger partial charge >= 0.3 is 0 Å². The lowest BCUT2D eigenvalue weighted by molar-refractivity contribution is 0.0724. The number of hydrogen-bond acceptors (Lipinski definition) is 2. The first-order valence-corrected chi connectivity index (χ1v) is 5.23. The Bertz CT molecular complexity index is 461. The summed E-state index contributed by atoms with van der Waals surface area (Å²) >= 11 is 0. The summed E-state index contributed by atoms with van der Waals surface area (Å²) in [4.78, 5) is 15.8. The number of fused-ring (bicyclic) bond motifs is 1. The third kappa shape index (κ3) is 1.43. The van der Waals surface area contributed by atoms with Crippen LogP contribution in [0.3, 0.4) is 0 Å². The van der Waals surface area contributed by atoms with E-state index < -0.39 is 0 Å². The molecular formula is C13H14N2O. The number of rotatable bonds is 1. The summed E-state index contributed by atoms with van der Waals surface area (Å²) < 4.78 is 0. The predicted octanol–water partition coefficient (Wildman–Crippen LogP) is 1.56. The molecule has 1 aliphatic rings. The van der Waals surface area contributed by atoms with Gasteiger partial charge in [0.15, 0.2) is 0 Å². The normalized spacial score (nSPS) is 19.3. The standard InChI is InChI=1S/C13H14N2O/c1-4-9-15-10(2)14(3)13(16)11-7-5-6-8-12(11)15/h1,5-8,10H,9H2,2-3H3. The minimum atomic E-state index is -0.00144. The van der Waals surface area contributed by atoms with Crippen LogP contribution in [0.25, 0.3) is 0 Å². The van der Waals surface area contributed by atoms with Crippen molar-refractivity contribution in [3.05, 3.63) is 29.8 Å². The molecule has 0 spiro atoms. The summed E-state index contributed by atoms with van der Waals surface area (Å²) in [6, 6.07) is 7.57. The number of benzene rings is 1. The van der Waals surface area contributed by atoms with Crippen molar-refractivity contribution in [3.8, 4) is 12.3 Å². The van der Waals surface area contributed by atoms with Crippen LogP contribution in [0.15, 0.2) is 24.3 Å². The Morgan fingerprint density at radius 2 is 2.12 bits per heavy atom. The van der Waals surface area contributed by atoms with E-state index in [1.165, 1.54) is 0 Å². The van der Waals surface area contributed by atoms with Gasteiger partial charge in [-0.3, -0.25) is 4.79 Å². The van der Waals surface area contributed by atoms with E-state index in [1.807, 2.05) is 31.2 Å². The first-order valence-electron chi connectivity index (χ1n) is 5.23. The Balaban J connectivity index is 2.53. The average molecular weight is 214 g/mol. The number of carbonyl (C=O) groups excluding carboxylic acids is 1. The third-order valence-corrected chi connectivity index (χ3v) is 3.04. The average Bonchev–Trinajstić information content (AvgIpc) is 2.32. The fourth-order valence-corrected chi connectivity index (χ4v) is 1.99. The molecule has 16 heavy (non-hydrogen) atoms. The predicted molar refractivity (Wildman–Crippen MR) is 64.2 cm³/mol. The number of nitrogens with zero attached hydrogens (tertiary/aromatic N) is 2. The highest BCUT2D eigenvalue weighted by Crippen LogP contribution is 2.29. The minimum Gasteiger partial charge on any atom is -0.339 e. The summed E-state index contributed by atoms with van der Waals surface area (Å²) in [6.45, 7) is 2.49. The largest absolute Gasteiger partial charge is 0.339 e. The SMILES string of the molecule is C#CCN1c2ccccc2C(=O)N(C)C1C. The Hall–Kier alpha value is -1.95. The molecule has 0 bridgehead atoms. The van der Waals surface area contributed by atoms with Gasteiger partial charge in [-0.2, -0.15) is 0 Å². The third-order valence-electron chi connectivity index (χ3n) is 3.04. The molecule has 1 amide bonds. The number of amides is 1. The van der Waals surface area contributed by atoms with Crippen LogP contribution in [0, 0.1) is 12.3 Å². The molecule has 1 atom stereocenters. The molecule has 3 heteroatoms. The molecular weight excluding hydrogens is 200 g/mol. The first kappa shape index (κ1) is 10.6. The Morgan fingerprint density at radius 3 is 2.81 bits per heavy atom. The lowest BCUT2D eigenvalue weighted by Gasteiger charge is -2.41. The monoisotopic (exact) mass is 214 g/mol. The molecule has 82 valence electrons. The molecule has 0 N–H and O–H groups in total. The van der Waals surface area contributed by atoms with Gasteiger partial charge < -0.3 is 9.80 Å². The van der Waals surface area contributed by atoms with E-state index in [4.69, 9.17) is 6.42 Å². The zero-order valence-corrected chi connectivity index (χ0v) is 9.47. The van der Waals surface area contributed by atoms with Gasteiger partial charge in [0.1, 0.15) is 6.17 Å². The maximum atomic E-state index is 12.0. The van der Waals surface area contributed by atoms with E-state index in [1.54, 1.807) is 11.9 Å². The van der Waals surface area contributed by atoms with E-state index in [2.05, 4.69) is 10.8 Å². The van der Waals surface area contributed by atoms with Crippen molar-refractivity contribution in [1.29, 1.82) is 0 Å². The van der Waals surface area contributed by atoms with Crippen LogP contribution in [-0.4, -0.2) is 30.6 Å². The van der Waals surface area contributed by atoms with E-state index in [0.29, 0.717) is 6.54 Å². The number of terminal acetylenes is 1. The van der Waals surface area contributed by atoms with Crippen molar-refractivity contribution in [2.24, 2.45) is 0 Å². The summed E-state index contributed by atoms with van der Waals surface area (Å²) in [6.07, 6.45) is 5.36. The van der Waals surface area contributed by atoms with Gasteiger partial charge in [-0.15, -0.1) is 6.42 Å². The van der Waals surface area contributed by atoms with E-state index >= 15 is 0 Å². The molecule has 0 fully saturated rings. The van der Waals surface area contributed by atoms with Gasteiger partial charge in [0, 0.05) is 7.05 Å². The number of anilines is 1. The Morgan fingerprint density at radius 1 is 1.44 bits per heavy atom. The van der Waals surface area contributed by atoms with Gasteiger partial charge in [0.25, 0.3) is 5.91 Å². The second kappa shape index (κ2) is 3.90.